The fourth-order valence-corrected chi connectivity index (χ4v) is 3.43. The molecule has 0 bridgehead atoms. The quantitative estimate of drug-likeness (QED) is 0.264. The molecule has 0 saturated heterocycles. The maximum Gasteiger partial charge on any atom is 0.323 e. The van der Waals surface area contributed by atoms with E-state index in [0.29, 0.717) is 12.8 Å². The molecule has 1 aromatic rings. The predicted molar refractivity (Wildman–Crippen MR) is 102 cm³/mol. The molecule has 0 spiro atoms. The summed E-state index contributed by atoms with van der Waals surface area (Å²) in [5.74, 6) is -1.45. The second-order valence-corrected chi connectivity index (χ2v) is 6.80. The zero-order valence-electron chi connectivity index (χ0n) is 16.4. The van der Waals surface area contributed by atoms with Crippen molar-refractivity contribution in [2.75, 3.05) is 13.2 Å². The summed E-state index contributed by atoms with van der Waals surface area (Å²) >= 11 is 0. The number of nitrogens with zero attached hydrogens (tertiary/aromatic N) is 1. The van der Waals surface area contributed by atoms with Crippen LogP contribution in [0.3, 0.4) is 0 Å². The molecule has 7 heteroatoms. The molecule has 7 nitrogen and oxygen atoms in total. The predicted octanol–water partition coefficient (Wildman–Crippen LogP) is 3.06. The van der Waals surface area contributed by atoms with Gasteiger partial charge in [0.1, 0.15) is 12.8 Å². The summed E-state index contributed by atoms with van der Waals surface area (Å²) < 4.78 is 10.2. The Morgan fingerprint density at radius 1 is 1.11 bits per heavy atom. The molecule has 1 fully saturated rings. The third-order valence-electron chi connectivity index (χ3n) is 4.78. The Bertz CT molecular complexity index is 682. The number of carbonyl (C=O) groups excluding carboxylic acids is 3. The van der Waals surface area contributed by atoms with E-state index in [4.69, 9.17) is 14.3 Å². The van der Waals surface area contributed by atoms with E-state index < -0.39 is 17.4 Å². The van der Waals surface area contributed by atoms with Gasteiger partial charge in [-0.3, -0.25) is 14.4 Å². The normalized spacial score (nSPS) is 18.0. The summed E-state index contributed by atoms with van der Waals surface area (Å²) in [6.45, 7) is 4.05. The summed E-state index contributed by atoms with van der Waals surface area (Å²) in [6, 6.07) is 9.50. The van der Waals surface area contributed by atoms with Crippen molar-refractivity contribution in [2.45, 2.75) is 46.1 Å². The third kappa shape index (κ3) is 5.65. The Kier molecular flexibility index (Phi) is 8.17. The molecular weight excluding hydrogens is 362 g/mol. The smallest absolute Gasteiger partial charge is 0.323 e. The average molecular weight is 389 g/mol. The minimum absolute atomic E-state index is 0.109. The number of esters is 2. The number of ether oxygens (including phenoxy) is 2. The molecular formula is C21H27NO6. The van der Waals surface area contributed by atoms with Crippen LogP contribution in [0.25, 0.3) is 0 Å². The largest absolute Gasteiger partial charge is 0.465 e. The second kappa shape index (κ2) is 10.6. The van der Waals surface area contributed by atoms with Crippen LogP contribution in [0.4, 0.5) is 0 Å². The SMILES string of the molecule is CCOC(=O)C1(C(=O)OCC)CCC(CC(=O)/C=N/OCc2ccccc2)C1. The highest BCUT2D eigenvalue weighted by molar-refractivity contribution is 6.27. The van der Waals surface area contributed by atoms with Crippen LogP contribution in [0.5, 0.6) is 0 Å². The molecule has 152 valence electrons. The monoisotopic (exact) mass is 389 g/mol. The van der Waals surface area contributed by atoms with Gasteiger partial charge in [-0.25, -0.2) is 0 Å². The summed E-state index contributed by atoms with van der Waals surface area (Å²) in [6.07, 6.45) is 2.48. The van der Waals surface area contributed by atoms with Crippen LogP contribution >= 0.6 is 0 Å². The summed E-state index contributed by atoms with van der Waals surface area (Å²) in [4.78, 5) is 42.1. The molecule has 0 amide bonds. The molecule has 0 heterocycles. The molecule has 1 unspecified atom stereocenters. The lowest BCUT2D eigenvalue weighted by Gasteiger charge is -2.24. The van der Waals surface area contributed by atoms with Gasteiger partial charge in [0.05, 0.1) is 13.2 Å². The number of hydrogen-bond donors (Lipinski definition) is 0. The molecule has 1 aliphatic carbocycles. The van der Waals surface area contributed by atoms with Gasteiger partial charge in [-0.1, -0.05) is 35.5 Å². The van der Waals surface area contributed by atoms with E-state index in [1.807, 2.05) is 30.3 Å². The van der Waals surface area contributed by atoms with E-state index in [1.54, 1.807) is 13.8 Å². The van der Waals surface area contributed by atoms with Crippen molar-refractivity contribution in [1.29, 1.82) is 0 Å². The van der Waals surface area contributed by atoms with Gasteiger partial charge in [0.2, 0.25) is 0 Å². The molecule has 2 rings (SSSR count). The Morgan fingerprint density at radius 2 is 1.75 bits per heavy atom. The lowest BCUT2D eigenvalue weighted by atomic mass is 9.84. The van der Waals surface area contributed by atoms with Crippen molar-refractivity contribution in [3.63, 3.8) is 0 Å². The van der Waals surface area contributed by atoms with Crippen molar-refractivity contribution in [3.05, 3.63) is 35.9 Å². The van der Waals surface area contributed by atoms with Crippen LogP contribution in [-0.2, 0) is 35.3 Å². The molecule has 0 aromatic heterocycles. The molecule has 1 aliphatic rings. The van der Waals surface area contributed by atoms with E-state index in [-0.39, 0.29) is 44.4 Å². The van der Waals surface area contributed by atoms with Crippen molar-refractivity contribution < 1.29 is 28.7 Å². The van der Waals surface area contributed by atoms with E-state index in [0.717, 1.165) is 11.8 Å². The number of benzene rings is 1. The van der Waals surface area contributed by atoms with Crippen LogP contribution in [0, 0.1) is 11.3 Å². The van der Waals surface area contributed by atoms with Crippen LogP contribution in [0.1, 0.15) is 45.1 Å². The van der Waals surface area contributed by atoms with E-state index in [9.17, 15) is 14.4 Å². The van der Waals surface area contributed by atoms with Gasteiger partial charge in [0.25, 0.3) is 0 Å². The van der Waals surface area contributed by atoms with E-state index in [1.165, 1.54) is 0 Å². The zero-order chi connectivity index (χ0) is 20.4. The number of rotatable bonds is 10. The van der Waals surface area contributed by atoms with Crippen molar-refractivity contribution in [2.24, 2.45) is 16.5 Å². The Labute approximate surface area is 165 Å². The first-order chi connectivity index (χ1) is 13.5. The first-order valence-corrected chi connectivity index (χ1v) is 9.58. The highest BCUT2D eigenvalue weighted by Crippen LogP contribution is 2.45. The highest BCUT2D eigenvalue weighted by Gasteiger charge is 2.53. The number of carbonyl (C=O) groups is 3. The van der Waals surface area contributed by atoms with Gasteiger partial charge in [0, 0.05) is 6.42 Å². The lowest BCUT2D eigenvalue weighted by molar-refractivity contribution is -0.172. The first kappa shape index (κ1) is 21.6. The molecule has 1 aromatic carbocycles. The highest BCUT2D eigenvalue weighted by atomic mass is 16.6. The molecule has 1 atom stereocenters. The standard InChI is InChI=1S/C21H27NO6/c1-3-26-19(24)21(20(25)27-4-2)11-10-17(13-21)12-18(23)14-22-28-15-16-8-6-5-7-9-16/h5-9,14,17H,3-4,10-13,15H2,1-2H3/b22-14+. The van der Waals surface area contributed by atoms with E-state index in [2.05, 4.69) is 5.16 Å². The van der Waals surface area contributed by atoms with Crippen LogP contribution < -0.4 is 0 Å². The maximum absolute atomic E-state index is 12.4. The lowest BCUT2D eigenvalue weighted by Crippen LogP contribution is -2.40. The second-order valence-electron chi connectivity index (χ2n) is 6.80. The minimum Gasteiger partial charge on any atom is -0.465 e. The molecule has 0 radical (unpaired) electrons. The minimum atomic E-state index is -1.31. The maximum atomic E-state index is 12.4. The fourth-order valence-electron chi connectivity index (χ4n) is 3.43. The Hall–Kier alpha value is -2.70. The van der Waals surface area contributed by atoms with Crippen molar-refractivity contribution >= 4 is 23.9 Å². The van der Waals surface area contributed by atoms with Gasteiger partial charge < -0.3 is 14.3 Å². The summed E-state index contributed by atoms with van der Waals surface area (Å²) in [5, 5.41) is 3.72. The number of ketones is 1. The van der Waals surface area contributed by atoms with Crippen LogP contribution in [0.15, 0.2) is 35.5 Å². The summed E-state index contributed by atoms with van der Waals surface area (Å²) in [5.41, 5.74) is -0.352. The number of oxime groups is 1. The number of Topliss-reactive ketones (excluding diaryl/α,β-unsaturated/α-hetero) is 1. The fraction of sp³-hybridized carbons (Fsp3) is 0.524. The Morgan fingerprint density at radius 3 is 2.36 bits per heavy atom. The van der Waals surface area contributed by atoms with Gasteiger partial charge in [0.15, 0.2) is 11.2 Å². The topological polar surface area (TPSA) is 91.3 Å². The average Bonchev–Trinajstić information content (AvgIpc) is 3.11. The van der Waals surface area contributed by atoms with Crippen LogP contribution in [0.2, 0.25) is 0 Å². The summed E-state index contributed by atoms with van der Waals surface area (Å²) in [7, 11) is 0. The molecule has 0 aliphatic heterocycles. The first-order valence-electron chi connectivity index (χ1n) is 9.58. The third-order valence-corrected chi connectivity index (χ3v) is 4.78. The Balaban J connectivity index is 1.88. The van der Waals surface area contributed by atoms with E-state index >= 15 is 0 Å². The van der Waals surface area contributed by atoms with Gasteiger partial charge in [-0.05, 0) is 44.6 Å². The van der Waals surface area contributed by atoms with Crippen molar-refractivity contribution in [3.8, 4) is 0 Å². The van der Waals surface area contributed by atoms with Crippen molar-refractivity contribution in [1.82, 2.24) is 0 Å². The van der Waals surface area contributed by atoms with Gasteiger partial charge >= 0.3 is 11.9 Å². The van der Waals surface area contributed by atoms with Crippen LogP contribution in [-0.4, -0.2) is 37.2 Å². The molecule has 28 heavy (non-hydrogen) atoms. The number of hydrogen-bond acceptors (Lipinski definition) is 7. The molecule has 1 saturated carbocycles. The van der Waals surface area contributed by atoms with Gasteiger partial charge in [-0.2, -0.15) is 0 Å². The van der Waals surface area contributed by atoms with Gasteiger partial charge in [-0.15, -0.1) is 0 Å². The zero-order valence-corrected chi connectivity index (χ0v) is 16.4. The molecule has 0 N–H and O–H groups in total.